The van der Waals surface area contributed by atoms with Gasteiger partial charge < -0.3 is 10.6 Å². The molecule has 0 unspecified atom stereocenters. The molecule has 1 atom stereocenters. The van der Waals surface area contributed by atoms with Crippen LogP contribution in [0, 0.1) is 0 Å². The maximum absolute atomic E-state index is 12.2. The van der Waals surface area contributed by atoms with E-state index in [9.17, 15) is 9.59 Å². The van der Waals surface area contributed by atoms with Crippen LogP contribution in [0.15, 0.2) is 67.3 Å². The monoisotopic (exact) mass is 308 g/mol. The summed E-state index contributed by atoms with van der Waals surface area (Å²) >= 11 is 0. The molecule has 2 aromatic carbocycles. The fraction of sp³-hybridized carbons (Fsp3) is 0.158. The summed E-state index contributed by atoms with van der Waals surface area (Å²) in [6, 6.07) is 16.8. The fourth-order valence-electron chi connectivity index (χ4n) is 2.18. The van der Waals surface area contributed by atoms with Gasteiger partial charge in [0, 0.05) is 17.8 Å². The van der Waals surface area contributed by atoms with Crippen molar-refractivity contribution >= 4 is 17.5 Å². The summed E-state index contributed by atoms with van der Waals surface area (Å²) in [4.78, 5) is 23.5. The lowest BCUT2D eigenvalue weighted by molar-refractivity contribution is -0.111. The Hall–Kier alpha value is -2.88. The van der Waals surface area contributed by atoms with E-state index in [1.807, 2.05) is 30.3 Å². The normalized spacial score (nSPS) is 11.3. The van der Waals surface area contributed by atoms with Crippen LogP contribution in [0.25, 0.3) is 0 Å². The quantitative estimate of drug-likeness (QED) is 0.804. The highest BCUT2D eigenvalue weighted by Crippen LogP contribution is 2.14. The van der Waals surface area contributed by atoms with Crippen molar-refractivity contribution in [2.45, 2.75) is 12.8 Å². The molecule has 0 spiro atoms. The van der Waals surface area contributed by atoms with Crippen LogP contribution in [0.5, 0.6) is 0 Å². The second kappa shape index (κ2) is 7.94. The largest absolute Gasteiger partial charge is 0.351 e. The van der Waals surface area contributed by atoms with Crippen LogP contribution in [0.2, 0.25) is 0 Å². The molecule has 0 bridgehead atoms. The van der Waals surface area contributed by atoms with Crippen molar-refractivity contribution in [1.82, 2.24) is 5.32 Å². The van der Waals surface area contributed by atoms with Gasteiger partial charge in [0.25, 0.3) is 5.91 Å². The number of benzene rings is 2. The van der Waals surface area contributed by atoms with E-state index >= 15 is 0 Å². The van der Waals surface area contributed by atoms with Crippen LogP contribution in [-0.2, 0) is 4.79 Å². The summed E-state index contributed by atoms with van der Waals surface area (Å²) in [5.41, 5.74) is 2.26. The van der Waals surface area contributed by atoms with E-state index in [1.165, 1.54) is 11.6 Å². The van der Waals surface area contributed by atoms with Crippen molar-refractivity contribution in [3.8, 4) is 0 Å². The van der Waals surface area contributed by atoms with Crippen LogP contribution in [0.1, 0.15) is 28.8 Å². The Kier molecular flexibility index (Phi) is 5.69. The second-order valence-corrected chi connectivity index (χ2v) is 5.30. The van der Waals surface area contributed by atoms with E-state index in [4.69, 9.17) is 0 Å². The topological polar surface area (TPSA) is 58.2 Å². The van der Waals surface area contributed by atoms with Gasteiger partial charge in [-0.3, -0.25) is 9.59 Å². The fourth-order valence-corrected chi connectivity index (χ4v) is 2.18. The molecule has 2 rings (SSSR count). The van der Waals surface area contributed by atoms with Gasteiger partial charge in [-0.25, -0.2) is 0 Å². The molecule has 0 fully saturated rings. The molecule has 0 aliphatic heterocycles. The zero-order valence-electron chi connectivity index (χ0n) is 13.1. The first-order chi connectivity index (χ1) is 11.1. The molecule has 0 radical (unpaired) electrons. The van der Waals surface area contributed by atoms with Crippen LogP contribution in [0.4, 0.5) is 5.69 Å². The van der Waals surface area contributed by atoms with Gasteiger partial charge >= 0.3 is 0 Å². The maximum atomic E-state index is 12.2. The Morgan fingerprint density at radius 1 is 1.13 bits per heavy atom. The summed E-state index contributed by atoms with van der Waals surface area (Å²) in [5.74, 6) is -0.244. The highest BCUT2D eigenvalue weighted by molar-refractivity contribution is 6.00. The number of rotatable bonds is 6. The molecule has 0 aliphatic rings. The van der Waals surface area contributed by atoms with E-state index < -0.39 is 0 Å². The molecule has 4 nitrogen and oxygen atoms in total. The van der Waals surface area contributed by atoms with Crippen LogP contribution < -0.4 is 10.6 Å². The summed E-state index contributed by atoms with van der Waals surface area (Å²) < 4.78 is 0. The molecule has 2 aromatic rings. The predicted octanol–water partition coefficient (Wildman–Crippen LogP) is 3.34. The first kappa shape index (κ1) is 16.5. The van der Waals surface area contributed by atoms with Crippen LogP contribution >= 0.6 is 0 Å². The summed E-state index contributed by atoms with van der Waals surface area (Å²) in [7, 11) is 0. The standard InChI is InChI=1S/C19H20N2O2/c1-3-18(22)21-17-11-7-10-16(12-17)19(23)20-13-14(2)15-8-5-4-6-9-15/h3-12,14H,1,13H2,2H3,(H,20,23)(H,21,22)/t14-/m1/s1. The zero-order valence-corrected chi connectivity index (χ0v) is 13.1. The first-order valence-corrected chi connectivity index (χ1v) is 7.47. The lowest BCUT2D eigenvalue weighted by Gasteiger charge is -2.13. The minimum atomic E-state index is -0.305. The number of nitrogens with one attached hydrogen (secondary N) is 2. The molecule has 0 heterocycles. The number of anilines is 1. The average molecular weight is 308 g/mol. The van der Waals surface area contributed by atoms with Crippen LogP contribution in [0.3, 0.4) is 0 Å². The van der Waals surface area contributed by atoms with Gasteiger partial charge in [0.2, 0.25) is 5.91 Å². The highest BCUT2D eigenvalue weighted by atomic mass is 16.2. The molecule has 2 amide bonds. The molecule has 0 aromatic heterocycles. The lowest BCUT2D eigenvalue weighted by Crippen LogP contribution is -2.27. The van der Waals surface area contributed by atoms with E-state index in [0.717, 1.165) is 0 Å². The molecule has 2 N–H and O–H groups in total. The molecular formula is C19H20N2O2. The Morgan fingerprint density at radius 2 is 1.87 bits per heavy atom. The number of hydrogen-bond donors (Lipinski definition) is 2. The summed E-state index contributed by atoms with van der Waals surface area (Å²) in [6.07, 6.45) is 1.19. The molecular weight excluding hydrogens is 288 g/mol. The highest BCUT2D eigenvalue weighted by Gasteiger charge is 2.10. The van der Waals surface area contributed by atoms with Crippen molar-refractivity contribution < 1.29 is 9.59 Å². The predicted molar refractivity (Wildman–Crippen MR) is 92.5 cm³/mol. The zero-order chi connectivity index (χ0) is 16.7. The minimum absolute atomic E-state index is 0.164. The van der Waals surface area contributed by atoms with Crippen LogP contribution in [-0.4, -0.2) is 18.4 Å². The third-order valence-corrected chi connectivity index (χ3v) is 3.52. The Balaban J connectivity index is 1.96. The van der Waals surface area contributed by atoms with Gasteiger partial charge in [0.15, 0.2) is 0 Å². The Labute approximate surface area is 136 Å². The number of amides is 2. The molecule has 0 aliphatic carbocycles. The molecule has 23 heavy (non-hydrogen) atoms. The molecule has 118 valence electrons. The third kappa shape index (κ3) is 4.81. The van der Waals surface area contributed by atoms with Crippen molar-refractivity contribution in [3.63, 3.8) is 0 Å². The van der Waals surface area contributed by atoms with E-state index in [-0.39, 0.29) is 17.7 Å². The summed E-state index contributed by atoms with van der Waals surface area (Å²) in [6.45, 7) is 6.01. The number of hydrogen-bond acceptors (Lipinski definition) is 2. The van der Waals surface area contributed by atoms with Gasteiger partial charge in [-0.05, 0) is 35.8 Å². The smallest absolute Gasteiger partial charge is 0.251 e. The third-order valence-electron chi connectivity index (χ3n) is 3.52. The SMILES string of the molecule is C=CC(=O)Nc1cccc(C(=O)NC[C@@H](C)c2ccccc2)c1. The van der Waals surface area contributed by atoms with E-state index in [0.29, 0.717) is 17.8 Å². The molecule has 0 saturated heterocycles. The molecule has 4 heteroatoms. The van der Waals surface area contributed by atoms with Gasteiger partial charge in [-0.2, -0.15) is 0 Å². The minimum Gasteiger partial charge on any atom is -0.351 e. The first-order valence-electron chi connectivity index (χ1n) is 7.47. The lowest BCUT2D eigenvalue weighted by atomic mass is 10.0. The average Bonchev–Trinajstić information content (AvgIpc) is 2.60. The Morgan fingerprint density at radius 3 is 2.57 bits per heavy atom. The van der Waals surface area contributed by atoms with Crippen molar-refractivity contribution in [1.29, 1.82) is 0 Å². The maximum Gasteiger partial charge on any atom is 0.251 e. The van der Waals surface area contributed by atoms with Gasteiger partial charge in [0.05, 0.1) is 0 Å². The van der Waals surface area contributed by atoms with Gasteiger partial charge in [-0.1, -0.05) is 49.9 Å². The van der Waals surface area contributed by atoms with E-state index in [1.54, 1.807) is 24.3 Å². The number of carbonyl (C=O) groups is 2. The number of carbonyl (C=O) groups excluding carboxylic acids is 2. The molecule has 0 saturated carbocycles. The van der Waals surface area contributed by atoms with E-state index in [2.05, 4.69) is 24.1 Å². The van der Waals surface area contributed by atoms with Gasteiger partial charge in [0.1, 0.15) is 0 Å². The second-order valence-electron chi connectivity index (χ2n) is 5.30. The van der Waals surface area contributed by atoms with Crippen molar-refractivity contribution in [2.75, 3.05) is 11.9 Å². The van der Waals surface area contributed by atoms with Gasteiger partial charge in [-0.15, -0.1) is 0 Å². The summed E-state index contributed by atoms with van der Waals surface area (Å²) in [5, 5.41) is 5.56. The van der Waals surface area contributed by atoms with Crippen molar-refractivity contribution in [2.24, 2.45) is 0 Å². The van der Waals surface area contributed by atoms with Crippen molar-refractivity contribution in [3.05, 3.63) is 78.4 Å². The Bertz CT molecular complexity index is 696.